The molecule has 118 valence electrons. The van der Waals surface area contributed by atoms with Crippen molar-refractivity contribution in [3.05, 3.63) is 57.9 Å². The Bertz CT molecular complexity index is 701. The standard InChI is InChI=1S/C13H17N4O4P/c1-16-12(9-14-13(16)17(18)19)10-21-22(2,20)15-8-11-6-4-3-5-7-11/h3-7,9H,8,10H2,1-2H3,(H,15,20). The molecule has 22 heavy (non-hydrogen) atoms. The number of nitrogens with one attached hydrogen (secondary N) is 1. The topological polar surface area (TPSA) is 99.3 Å². The van der Waals surface area contributed by atoms with Gasteiger partial charge in [-0.1, -0.05) is 35.3 Å². The summed E-state index contributed by atoms with van der Waals surface area (Å²) in [6.07, 6.45) is 1.34. The second-order valence-corrected chi connectivity index (χ2v) is 7.07. The third-order valence-electron chi connectivity index (χ3n) is 3.10. The molecule has 0 bridgehead atoms. The van der Waals surface area contributed by atoms with E-state index in [1.165, 1.54) is 24.5 Å². The molecule has 9 heteroatoms. The highest BCUT2D eigenvalue weighted by atomic mass is 31.2. The van der Waals surface area contributed by atoms with Crippen molar-refractivity contribution < 1.29 is 14.0 Å². The first-order valence-corrected chi connectivity index (χ1v) is 8.62. The highest BCUT2D eigenvalue weighted by Gasteiger charge is 2.21. The lowest BCUT2D eigenvalue weighted by atomic mass is 10.2. The van der Waals surface area contributed by atoms with Crippen LogP contribution in [0.15, 0.2) is 36.5 Å². The van der Waals surface area contributed by atoms with E-state index in [2.05, 4.69) is 10.1 Å². The molecule has 1 heterocycles. The summed E-state index contributed by atoms with van der Waals surface area (Å²) in [5, 5.41) is 13.6. The fraction of sp³-hybridized carbons (Fsp3) is 0.308. The zero-order valence-corrected chi connectivity index (χ0v) is 13.2. The number of nitro groups is 1. The van der Waals surface area contributed by atoms with Gasteiger partial charge >= 0.3 is 5.95 Å². The van der Waals surface area contributed by atoms with E-state index >= 15 is 0 Å². The Hall–Kier alpha value is -2.02. The molecule has 0 aliphatic rings. The van der Waals surface area contributed by atoms with Gasteiger partial charge in [0.2, 0.25) is 0 Å². The van der Waals surface area contributed by atoms with Gasteiger partial charge in [-0.25, -0.2) is 9.65 Å². The summed E-state index contributed by atoms with van der Waals surface area (Å²) in [6.45, 7) is 1.87. The average molecular weight is 324 g/mol. The second-order valence-electron chi connectivity index (χ2n) is 4.81. The molecule has 0 aliphatic carbocycles. The maximum absolute atomic E-state index is 12.3. The largest absolute Gasteiger partial charge is 0.434 e. The van der Waals surface area contributed by atoms with E-state index in [-0.39, 0.29) is 12.6 Å². The zero-order valence-electron chi connectivity index (χ0n) is 12.3. The molecule has 0 fully saturated rings. The van der Waals surface area contributed by atoms with Crippen molar-refractivity contribution >= 4 is 13.5 Å². The van der Waals surface area contributed by atoms with E-state index in [1.54, 1.807) is 0 Å². The van der Waals surface area contributed by atoms with E-state index in [9.17, 15) is 14.7 Å². The van der Waals surface area contributed by atoms with Crippen molar-refractivity contribution in [2.75, 3.05) is 6.66 Å². The Labute approximate surface area is 127 Å². The van der Waals surface area contributed by atoms with Gasteiger partial charge in [-0.2, -0.15) is 0 Å². The summed E-state index contributed by atoms with van der Waals surface area (Å²) >= 11 is 0. The molecule has 1 aromatic carbocycles. The number of hydrogen-bond donors (Lipinski definition) is 1. The Morgan fingerprint density at radius 2 is 2.09 bits per heavy atom. The maximum atomic E-state index is 12.3. The lowest BCUT2D eigenvalue weighted by Crippen LogP contribution is -2.12. The minimum Gasteiger partial charge on any atom is -0.390 e. The van der Waals surface area contributed by atoms with Crippen molar-refractivity contribution in [1.29, 1.82) is 0 Å². The molecule has 0 aliphatic heterocycles. The minimum atomic E-state index is -3.02. The zero-order chi connectivity index (χ0) is 16.2. The molecule has 2 aromatic rings. The summed E-state index contributed by atoms with van der Waals surface area (Å²) in [5.74, 6) is -0.276. The van der Waals surface area contributed by atoms with E-state index in [0.29, 0.717) is 12.2 Å². The van der Waals surface area contributed by atoms with E-state index in [0.717, 1.165) is 5.56 Å². The van der Waals surface area contributed by atoms with Crippen LogP contribution in [0, 0.1) is 10.1 Å². The van der Waals surface area contributed by atoms with Gasteiger partial charge in [0.05, 0.1) is 7.05 Å². The van der Waals surface area contributed by atoms with Gasteiger partial charge in [0.1, 0.15) is 18.5 Å². The van der Waals surface area contributed by atoms with Gasteiger partial charge in [0.15, 0.2) is 0 Å². The van der Waals surface area contributed by atoms with E-state index < -0.39 is 12.4 Å². The maximum Gasteiger partial charge on any atom is 0.434 e. The lowest BCUT2D eigenvalue weighted by Gasteiger charge is -2.14. The Balaban J connectivity index is 1.92. The number of rotatable bonds is 7. The van der Waals surface area contributed by atoms with E-state index in [4.69, 9.17) is 4.52 Å². The molecule has 8 nitrogen and oxygen atoms in total. The van der Waals surface area contributed by atoms with Gasteiger partial charge in [0, 0.05) is 13.2 Å². The third-order valence-corrected chi connectivity index (χ3v) is 4.45. The number of hydrogen-bond acceptors (Lipinski definition) is 5. The van der Waals surface area contributed by atoms with E-state index in [1.807, 2.05) is 30.3 Å². The first-order chi connectivity index (χ1) is 10.4. The molecule has 0 spiro atoms. The monoisotopic (exact) mass is 324 g/mol. The number of aromatic nitrogens is 2. The normalized spacial score (nSPS) is 13.7. The quantitative estimate of drug-likeness (QED) is 0.477. The Morgan fingerprint density at radius 3 is 2.68 bits per heavy atom. The first kappa shape index (κ1) is 16.4. The van der Waals surface area contributed by atoms with Crippen molar-refractivity contribution in [1.82, 2.24) is 14.6 Å². The van der Waals surface area contributed by atoms with Crippen molar-refractivity contribution in [3.63, 3.8) is 0 Å². The highest BCUT2D eigenvalue weighted by Crippen LogP contribution is 2.39. The highest BCUT2D eigenvalue weighted by molar-refractivity contribution is 7.55. The van der Waals surface area contributed by atoms with Crippen LogP contribution < -0.4 is 5.09 Å². The molecule has 1 unspecified atom stereocenters. The van der Waals surface area contributed by atoms with Crippen LogP contribution in [-0.2, 0) is 29.3 Å². The predicted octanol–water partition coefficient (Wildman–Crippen LogP) is 2.46. The van der Waals surface area contributed by atoms with Crippen LogP contribution in [0.4, 0.5) is 5.95 Å². The molecule has 1 N–H and O–H groups in total. The van der Waals surface area contributed by atoms with Crippen LogP contribution in [0.2, 0.25) is 0 Å². The van der Waals surface area contributed by atoms with Crippen LogP contribution in [-0.4, -0.2) is 21.1 Å². The fourth-order valence-corrected chi connectivity index (χ4v) is 2.74. The van der Waals surface area contributed by atoms with Gasteiger partial charge in [0.25, 0.3) is 7.52 Å². The number of benzene rings is 1. The van der Waals surface area contributed by atoms with Gasteiger partial charge in [-0.15, -0.1) is 0 Å². The SMILES string of the molecule is Cn1c(COP(C)(=O)NCc2ccccc2)cnc1[N+](=O)[O-]. The Morgan fingerprint density at radius 1 is 1.41 bits per heavy atom. The molecule has 0 saturated carbocycles. The molecule has 0 saturated heterocycles. The van der Waals surface area contributed by atoms with Gasteiger partial charge in [-0.3, -0.25) is 4.57 Å². The molecular formula is C13H17N4O4P. The summed E-state index contributed by atoms with van der Waals surface area (Å²) in [4.78, 5) is 13.8. The van der Waals surface area contributed by atoms with Crippen molar-refractivity contribution in [3.8, 4) is 0 Å². The van der Waals surface area contributed by atoms with Crippen LogP contribution in [0.25, 0.3) is 0 Å². The minimum absolute atomic E-state index is 0.0209. The summed E-state index contributed by atoms with van der Waals surface area (Å²) in [7, 11) is -1.50. The summed E-state index contributed by atoms with van der Waals surface area (Å²) in [6, 6.07) is 9.52. The predicted molar refractivity (Wildman–Crippen MR) is 81.5 cm³/mol. The summed E-state index contributed by atoms with van der Waals surface area (Å²) in [5.41, 5.74) is 1.47. The Kier molecular flexibility index (Phi) is 5.07. The third kappa shape index (κ3) is 4.24. The number of imidazole rings is 1. The molecule has 1 aromatic heterocycles. The van der Waals surface area contributed by atoms with Gasteiger partial charge < -0.3 is 14.6 Å². The van der Waals surface area contributed by atoms with Crippen molar-refractivity contribution in [2.45, 2.75) is 13.2 Å². The first-order valence-electron chi connectivity index (χ1n) is 6.55. The van der Waals surface area contributed by atoms with Crippen LogP contribution >= 0.6 is 7.52 Å². The second kappa shape index (κ2) is 6.83. The molecule has 0 radical (unpaired) electrons. The van der Waals surface area contributed by atoms with Crippen molar-refractivity contribution in [2.24, 2.45) is 7.05 Å². The smallest absolute Gasteiger partial charge is 0.390 e. The fourth-order valence-electron chi connectivity index (χ4n) is 1.80. The molecular weight excluding hydrogens is 307 g/mol. The summed E-state index contributed by atoms with van der Waals surface area (Å²) < 4.78 is 19.0. The molecule has 1 atom stereocenters. The molecule has 0 amide bonds. The van der Waals surface area contributed by atoms with Gasteiger partial charge in [-0.05, 0) is 10.5 Å². The lowest BCUT2D eigenvalue weighted by molar-refractivity contribution is -0.396. The number of nitrogens with zero attached hydrogens (tertiary/aromatic N) is 3. The van der Waals surface area contributed by atoms with Crippen LogP contribution in [0.3, 0.4) is 0 Å². The van der Waals surface area contributed by atoms with Crippen LogP contribution in [0.1, 0.15) is 11.3 Å². The average Bonchev–Trinajstić information content (AvgIpc) is 2.86. The molecule has 2 rings (SSSR count). The van der Waals surface area contributed by atoms with Crippen LogP contribution in [0.5, 0.6) is 0 Å².